The summed E-state index contributed by atoms with van der Waals surface area (Å²) in [5.74, 6) is 1.60. The van der Waals surface area contributed by atoms with E-state index in [0.29, 0.717) is 11.7 Å². The van der Waals surface area contributed by atoms with Gasteiger partial charge in [0.05, 0.1) is 0 Å². The van der Waals surface area contributed by atoms with Crippen LogP contribution in [0.5, 0.6) is 0 Å². The number of benzene rings is 1. The summed E-state index contributed by atoms with van der Waals surface area (Å²) < 4.78 is 0. The Labute approximate surface area is 111 Å². The van der Waals surface area contributed by atoms with Crippen LogP contribution in [0.3, 0.4) is 0 Å². The summed E-state index contributed by atoms with van der Waals surface area (Å²) in [6.07, 6.45) is 6.00. The van der Waals surface area contributed by atoms with E-state index in [-0.39, 0.29) is 5.92 Å². The molecule has 1 nitrogen and oxygen atoms in total. The fourth-order valence-electron chi connectivity index (χ4n) is 3.18. The van der Waals surface area contributed by atoms with Gasteiger partial charge < -0.3 is 0 Å². The molecule has 0 heterocycles. The lowest BCUT2D eigenvalue weighted by Crippen LogP contribution is -2.26. The van der Waals surface area contributed by atoms with Crippen LogP contribution in [-0.2, 0) is 4.79 Å². The Kier molecular flexibility index (Phi) is 4.57. The largest absolute Gasteiger partial charge is 0.299 e. The molecule has 0 saturated heterocycles. The molecule has 1 saturated carbocycles. The van der Waals surface area contributed by atoms with Crippen LogP contribution in [0.1, 0.15) is 57.4 Å². The van der Waals surface area contributed by atoms with Crippen LogP contribution < -0.4 is 0 Å². The molecule has 0 spiro atoms. The number of carbonyl (C=O) groups excluding carboxylic acids is 1. The maximum absolute atomic E-state index is 12.6. The summed E-state index contributed by atoms with van der Waals surface area (Å²) in [7, 11) is 0. The molecule has 98 valence electrons. The first-order chi connectivity index (χ1) is 8.72. The molecular formula is C17H24O. The zero-order chi connectivity index (χ0) is 13.0. The Bertz CT molecular complexity index is 382. The molecule has 0 aromatic heterocycles. The topological polar surface area (TPSA) is 17.1 Å². The summed E-state index contributed by atoms with van der Waals surface area (Å²) in [5.41, 5.74) is 1.17. The molecule has 0 amide bonds. The molecule has 1 aromatic rings. The molecule has 1 heteroatoms. The summed E-state index contributed by atoms with van der Waals surface area (Å²) in [6.45, 7) is 4.31. The third-order valence-corrected chi connectivity index (χ3v) is 4.49. The van der Waals surface area contributed by atoms with E-state index in [2.05, 4.69) is 26.0 Å². The Balaban J connectivity index is 2.02. The van der Waals surface area contributed by atoms with E-state index >= 15 is 0 Å². The summed E-state index contributed by atoms with van der Waals surface area (Å²) >= 11 is 0. The minimum Gasteiger partial charge on any atom is -0.299 e. The van der Waals surface area contributed by atoms with Crippen molar-refractivity contribution in [2.24, 2.45) is 11.8 Å². The van der Waals surface area contributed by atoms with Crippen LogP contribution in [0.4, 0.5) is 0 Å². The van der Waals surface area contributed by atoms with Crippen LogP contribution >= 0.6 is 0 Å². The lowest BCUT2D eigenvalue weighted by Gasteiger charge is -2.29. The Morgan fingerprint density at radius 2 is 2.00 bits per heavy atom. The molecule has 0 radical (unpaired) electrons. The molecule has 3 unspecified atom stereocenters. The maximum atomic E-state index is 12.6. The van der Waals surface area contributed by atoms with E-state index in [9.17, 15) is 4.79 Å². The highest BCUT2D eigenvalue weighted by Gasteiger charge is 2.29. The summed E-state index contributed by atoms with van der Waals surface area (Å²) in [6, 6.07) is 10.2. The highest BCUT2D eigenvalue weighted by molar-refractivity contribution is 5.87. The predicted molar refractivity (Wildman–Crippen MR) is 75.6 cm³/mol. The second-order valence-electron chi connectivity index (χ2n) is 5.67. The van der Waals surface area contributed by atoms with Gasteiger partial charge in [-0.2, -0.15) is 0 Å². The van der Waals surface area contributed by atoms with Crippen LogP contribution in [0.25, 0.3) is 0 Å². The van der Waals surface area contributed by atoms with Crippen molar-refractivity contribution in [2.75, 3.05) is 0 Å². The minimum absolute atomic E-state index is 0.0619. The highest BCUT2D eigenvalue weighted by atomic mass is 16.1. The maximum Gasteiger partial charge on any atom is 0.143 e. The van der Waals surface area contributed by atoms with Gasteiger partial charge >= 0.3 is 0 Å². The van der Waals surface area contributed by atoms with Gasteiger partial charge in [0.25, 0.3) is 0 Å². The van der Waals surface area contributed by atoms with Crippen molar-refractivity contribution in [3.05, 3.63) is 35.9 Å². The molecule has 2 rings (SSSR count). The van der Waals surface area contributed by atoms with Crippen LogP contribution in [0.2, 0.25) is 0 Å². The number of hydrogen-bond donors (Lipinski definition) is 0. The van der Waals surface area contributed by atoms with Crippen molar-refractivity contribution in [1.82, 2.24) is 0 Å². The van der Waals surface area contributed by atoms with E-state index in [1.165, 1.54) is 24.8 Å². The smallest absolute Gasteiger partial charge is 0.143 e. The monoisotopic (exact) mass is 244 g/mol. The van der Waals surface area contributed by atoms with Crippen molar-refractivity contribution in [3.8, 4) is 0 Å². The normalized spacial score (nSPS) is 25.7. The van der Waals surface area contributed by atoms with Crippen LogP contribution in [-0.4, -0.2) is 5.78 Å². The van der Waals surface area contributed by atoms with Gasteiger partial charge in [-0.05, 0) is 24.3 Å². The van der Waals surface area contributed by atoms with E-state index in [0.717, 1.165) is 18.8 Å². The lowest BCUT2D eigenvalue weighted by atomic mass is 9.75. The first kappa shape index (κ1) is 13.3. The predicted octanol–water partition coefficient (Wildman–Crippen LogP) is 4.58. The molecule has 0 aliphatic heterocycles. The van der Waals surface area contributed by atoms with Crippen molar-refractivity contribution < 1.29 is 4.79 Å². The summed E-state index contributed by atoms with van der Waals surface area (Å²) in [5, 5.41) is 0. The number of carbonyl (C=O) groups is 1. The van der Waals surface area contributed by atoms with Gasteiger partial charge in [0.1, 0.15) is 5.78 Å². The van der Waals surface area contributed by atoms with Gasteiger partial charge in [0.2, 0.25) is 0 Å². The number of rotatable bonds is 4. The zero-order valence-corrected chi connectivity index (χ0v) is 11.6. The average Bonchev–Trinajstić information content (AvgIpc) is 2.46. The zero-order valence-electron chi connectivity index (χ0n) is 11.6. The number of Topliss-reactive ketones (excluding diaryl/α,β-unsaturated/α-hetero) is 1. The number of hydrogen-bond acceptors (Lipinski definition) is 1. The van der Waals surface area contributed by atoms with Crippen molar-refractivity contribution in [1.29, 1.82) is 0 Å². The first-order valence-electron chi connectivity index (χ1n) is 7.31. The molecule has 1 fully saturated rings. The average molecular weight is 244 g/mol. The van der Waals surface area contributed by atoms with Gasteiger partial charge in [-0.15, -0.1) is 0 Å². The van der Waals surface area contributed by atoms with Crippen molar-refractivity contribution in [2.45, 2.75) is 51.9 Å². The van der Waals surface area contributed by atoms with Gasteiger partial charge in [-0.25, -0.2) is 0 Å². The second kappa shape index (κ2) is 6.17. The van der Waals surface area contributed by atoms with Gasteiger partial charge in [-0.1, -0.05) is 63.4 Å². The van der Waals surface area contributed by atoms with Gasteiger partial charge in [0.15, 0.2) is 0 Å². The standard InChI is InChI=1S/C17H24O/c1-3-14-8-7-11-16(12-14)17(18)13(2)15-9-5-4-6-10-15/h4-6,9-10,13-14,16H,3,7-8,11-12H2,1-2H3. The lowest BCUT2D eigenvalue weighted by molar-refractivity contribution is -0.125. The Morgan fingerprint density at radius 3 is 2.67 bits per heavy atom. The van der Waals surface area contributed by atoms with Crippen molar-refractivity contribution in [3.63, 3.8) is 0 Å². The molecule has 0 bridgehead atoms. The van der Waals surface area contributed by atoms with Gasteiger partial charge in [-0.3, -0.25) is 4.79 Å². The van der Waals surface area contributed by atoms with Crippen LogP contribution in [0, 0.1) is 11.8 Å². The van der Waals surface area contributed by atoms with E-state index in [4.69, 9.17) is 0 Å². The van der Waals surface area contributed by atoms with E-state index in [1.807, 2.05) is 18.2 Å². The Hall–Kier alpha value is -1.11. The molecular weight excluding hydrogens is 220 g/mol. The molecule has 18 heavy (non-hydrogen) atoms. The van der Waals surface area contributed by atoms with E-state index in [1.54, 1.807) is 0 Å². The fraction of sp³-hybridized carbons (Fsp3) is 0.588. The third kappa shape index (κ3) is 3.01. The minimum atomic E-state index is 0.0619. The second-order valence-corrected chi connectivity index (χ2v) is 5.67. The first-order valence-corrected chi connectivity index (χ1v) is 7.31. The van der Waals surface area contributed by atoms with Crippen LogP contribution in [0.15, 0.2) is 30.3 Å². The molecule has 1 aromatic carbocycles. The van der Waals surface area contributed by atoms with Crippen molar-refractivity contribution >= 4 is 5.78 Å². The molecule has 1 aliphatic carbocycles. The van der Waals surface area contributed by atoms with Gasteiger partial charge in [0, 0.05) is 11.8 Å². The SMILES string of the molecule is CCC1CCCC(C(=O)C(C)c2ccccc2)C1. The van der Waals surface area contributed by atoms with E-state index < -0.39 is 0 Å². The number of ketones is 1. The highest BCUT2D eigenvalue weighted by Crippen LogP contribution is 2.34. The fourth-order valence-corrected chi connectivity index (χ4v) is 3.18. The molecule has 0 N–H and O–H groups in total. The summed E-state index contributed by atoms with van der Waals surface area (Å²) in [4.78, 5) is 12.6. The molecule has 3 atom stereocenters. The molecule has 1 aliphatic rings. The quantitative estimate of drug-likeness (QED) is 0.758. The Morgan fingerprint density at radius 1 is 1.28 bits per heavy atom. The third-order valence-electron chi connectivity index (χ3n) is 4.49.